The van der Waals surface area contributed by atoms with Gasteiger partial charge in [-0.1, -0.05) is 0 Å². The predicted octanol–water partition coefficient (Wildman–Crippen LogP) is 5.25. The number of rotatable bonds is 5. The number of anilines is 5. The average Bonchev–Trinajstić information content (AvgIpc) is 2.75. The van der Waals surface area contributed by atoms with E-state index in [1.165, 1.54) is 20.4 Å². The minimum absolute atomic E-state index is 0.583. The molecule has 31 heavy (non-hydrogen) atoms. The minimum Gasteiger partial charge on any atom is -0.369 e. The van der Waals surface area contributed by atoms with Crippen molar-refractivity contribution in [2.24, 2.45) is 0 Å². The molecule has 0 spiro atoms. The SMILES string of the molecule is Cc1cnc(Nc2ccc(N3CCN(C)CC3)cc2)nc1Nc1cc(C)c(I)c(C)c1. The maximum atomic E-state index is 4.71. The van der Waals surface area contributed by atoms with Crippen LogP contribution >= 0.6 is 22.6 Å². The minimum atomic E-state index is 0.583. The Balaban J connectivity index is 1.47. The first-order valence-corrected chi connectivity index (χ1v) is 11.6. The summed E-state index contributed by atoms with van der Waals surface area (Å²) in [5, 5.41) is 6.79. The van der Waals surface area contributed by atoms with Crippen LogP contribution in [0.3, 0.4) is 0 Å². The molecule has 2 N–H and O–H groups in total. The van der Waals surface area contributed by atoms with Crippen molar-refractivity contribution in [3.63, 3.8) is 0 Å². The molecule has 1 saturated heterocycles. The highest BCUT2D eigenvalue weighted by molar-refractivity contribution is 14.1. The summed E-state index contributed by atoms with van der Waals surface area (Å²) >= 11 is 2.39. The summed E-state index contributed by atoms with van der Waals surface area (Å²) in [4.78, 5) is 14.0. The van der Waals surface area contributed by atoms with Gasteiger partial charge < -0.3 is 20.4 Å². The summed E-state index contributed by atoms with van der Waals surface area (Å²) in [5.41, 5.74) is 6.80. The second-order valence-electron chi connectivity index (χ2n) is 8.24. The van der Waals surface area contributed by atoms with Crippen LogP contribution in [0.15, 0.2) is 42.6 Å². The van der Waals surface area contributed by atoms with Gasteiger partial charge in [-0.2, -0.15) is 4.98 Å². The summed E-state index contributed by atoms with van der Waals surface area (Å²) in [6.45, 7) is 10.6. The molecular formula is C24H29IN6. The van der Waals surface area contributed by atoms with Crippen LogP contribution in [0.1, 0.15) is 16.7 Å². The quantitative estimate of drug-likeness (QED) is 0.442. The van der Waals surface area contributed by atoms with E-state index in [9.17, 15) is 0 Å². The van der Waals surface area contributed by atoms with Crippen LogP contribution in [-0.4, -0.2) is 48.1 Å². The normalized spacial score (nSPS) is 14.5. The van der Waals surface area contributed by atoms with Gasteiger partial charge in [0.05, 0.1) is 0 Å². The lowest BCUT2D eigenvalue weighted by atomic mass is 10.1. The van der Waals surface area contributed by atoms with Gasteiger partial charge in [0.15, 0.2) is 0 Å². The zero-order valence-electron chi connectivity index (χ0n) is 18.5. The molecule has 162 valence electrons. The van der Waals surface area contributed by atoms with Crippen molar-refractivity contribution in [3.05, 3.63) is 62.9 Å². The monoisotopic (exact) mass is 528 g/mol. The molecule has 0 radical (unpaired) electrons. The fourth-order valence-corrected chi connectivity index (χ4v) is 4.04. The van der Waals surface area contributed by atoms with E-state index in [-0.39, 0.29) is 0 Å². The first-order chi connectivity index (χ1) is 14.9. The third-order valence-corrected chi connectivity index (χ3v) is 7.36. The van der Waals surface area contributed by atoms with Crippen molar-refractivity contribution in [2.75, 3.05) is 48.8 Å². The van der Waals surface area contributed by atoms with Gasteiger partial charge in [0.25, 0.3) is 0 Å². The zero-order chi connectivity index (χ0) is 22.0. The molecular weight excluding hydrogens is 499 g/mol. The largest absolute Gasteiger partial charge is 0.369 e. The number of aromatic nitrogens is 2. The molecule has 1 aliphatic rings. The maximum absolute atomic E-state index is 4.71. The maximum Gasteiger partial charge on any atom is 0.229 e. The Morgan fingerprint density at radius 1 is 0.839 bits per heavy atom. The highest BCUT2D eigenvalue weighted by Crippen LogP contribution is 2.26. The van der Waals surface area contributed by atoms with E-state index in [2.05, 4.69) is 105 Å². The number of piperazine rings is 1. The van der Waals surface area contributed by atoms with E-state index in [0.717, 1.165) is 48.9 Å². The Morgan fingerprint density at radius 3 is 2.13 bits per heavy atom. The van der Waals surface area contributed by atoms with Crippen molar-refractivity contribution < 1.29 is 0 Å². The number of hydrogen-bond donors (Lipinski definition) is 2. The lowest BCUT2D eigenvalue weighted by Crippen LogP contribution is -2.44. The summed E-state index contributed by atoms with van der Waals surface area (Å²) < 4.78 is 1.30. The van der Waals surface area contributed by atoms with Crippen molar-refractivity contribution in [3.8, 4) is 0 Å². The van der Waals surface area contributed by atoms with Gasteiger partial charge in [-0.15, -0.1) is 0 Å². The zero-order valence-corrected chi connectivity index (χ0v) is 20.7. The Morgan fingerprint density at radius 2 is 1.48 bits per heavy atom. The summed E-state index contributed by atoms with van der Waals surface area (Å²) in [7, 11) is 2.18. The van der Waals surface area contributed by atoms with Gasteiger partial charge in [-0.25, -0.2) is 4.98 Å². The first kappa shape index (κ1) is 21.8. The van der Waals surface area contributed by atoms with Gasteiger partial charge in [0.1, 0.15) is 5.82 Å². The van der Waals surface area contributed by atoms with Gasteiger partial charge in [0, 0.05) is 58.6 Å². The number of halogens is 1. The van der Waals surface area contributed by atoms with E-state index in [4.69, 9.17) is 4.98 Å². The molecule has 7 heteroatoms. The van der Waals surface area contributed by atoms with Crippen LogP contribution < -0.4 is 15.5 Å². The van der Waals surface area contributed by atoms with E-state index >= 15 is 0 Å². The number of hydrogen-bond acceptors (Lipinski definition) is 6. The molecule has 3 aromatic rings. The second kappa shape index (κ2) is 9.40. The van der Waals surface area contributed by atoms with Crippen LogP contribution in [0.25, 0.3) is 0 Å². The molecule has 0 saturated carbocycles. The molecule has 0 aliphatic carbocycles. The van der Waals surface area contributed by atoms with Crippen molar-refractivity contribution >= 4 is 51.4 Å². The van der Waals surface area contributed by atoms with E-state index in [1.807, 2.05) is 13.1 Å². The number of nitrogens with zero attached hydrogens (tertiary/aromatic N) is 4. The Hall–Kier alpha value is -2.39. The summed E-state index contributed by atoms with van der Waals surface area (Å²) in [6.07, 6.45) is 1.85. The standard InChI is InChI=1S/C24H29IN6/c1-16-13-20(14-17(2)22(16)25)27-23-18(3)15-26-24(29-23)28-19-5-7-21(8-6-19)31-11-9-30(4)10-12-31/h5-8,13-15H,9-12H2,1-4H3,(H2,26,27,28,29). The van der Waals surface area contributed by atoms with Crippen LogP contribution in [0.4, 0.5) is 28.8 Å². The highest BCUT2D eigenvalue weighted by atomic mass is 127. The predicted molar refractivity (Wildman–Crippen MR) is 138 cm³/mol. The van der Waals surface area contributed by atoms with Crippen molar-refractivity contribution in [1.82, 2.24) is 14.9 Å². The number of aryl methyl sites for hydroxylation is 3. The molecule has 0 atom stereocenters. The van der Waals surface area contributed by atoms with Gasteiger partial charge in [0.2, 0.25) is 5.95 Å². The van der Waals surface area contributed by atoms with Crippen LogP contribution in [-0.2, 0) is 0 Å². The fourth-order valence-electron chi connectivity index (χ4n) is 3.73. The third kappa shape index (κ3) is 5.27. The topological polar surface area (TPSA) is 56.3 Å². The van der Waals surface area contributed by atoms with Crippen LogP contribution in [0.2, 0.25) is 0 Å². The molecule has 2 heterocycles. The number of nitrogens with one attached hydrogen (secondary N) is 2. The summed E-state index contributed by atoms with van der Waals surface area (Å²) in [6, 6.07) is 12.8. The lowest BCUT2D eigenvalue weighted by Gasteiger charge is -2.34. The smallest absolute Gasteiger partial charge is 0.229 e. The molecule has 6 nitrogen and oxygen atoms in total. The second-order valence-corrected chi connectivity index (χ2v) is 9.32. The Bertz CT molecular complexity index is 1040. The van der Waals surface area contributed by atoms with Crippen molar-refractivity contribution in [2.45, 2.75) is 20.8 Å². The van der Waals surface area contributed by atoms with E-state index < -0.39 is 0 Å². The average molecular weight is 528 g/mol. The van der Waals surface area contributed by atoms with Crippen molar-refractivity contribution in [1.29, 1.82) is 0 Å². The molecule has 0 amide bonds. The van der Waals surface area contributed by atoms with E-state index in [0.29, 0.717) is 5.95 Å². The van der Waals surface area contributed by atoms with E-state index in [1.54, 1.807) is 0 Å². The molecule has 1 aromatic heterocycles. The van der Waals surface area contributed by atoms with Gasteiger partial charge in [-0.3, -0.25) is 0 Å². The highest BCUT2D eigenvalue weighted by Gasteiger charge is 2.14. The third-order valence-electron chi connectivity index (χ3n) is 5.66. The van der Waals surface area contributed by atoms with Crippen LogP contribution in [0, 0.1) is 24.3 Å². The molecule has 1 fully saturated rings. The van der Waals surface area contributed by atoms with Gasteiger partial charge >= 0.3 is 0 Å². The molecule has 0 bridgehead atoms. The first-order valence-electron chi connectivity index (χ1n) is 10.6. The van der Waals surface area contributed by atoms with Crippen LogP contribution in [0.5, 0.6) is 0 Å². The Labute approximate surface area is 198 Å². The molecule has 2 aromatic carbocycles. The Kier molecular flexibility index (Phi) is 6.62. The van der Waals surface area contributed by atoms with Gasteiger partial charge in [-0.05, 0) is 97.9 Å². The fraction of sp³-hybridized carbons (Fsp3) is 0.333. The lowest BCUT2D eigenvalue weighted by molar-refractivity contribution is 0.313. The summed E-state index contributed by atoms with van der Waals surface area (Å²) in [5.74, 6) is 1.39. The molecule has 0 unspecified atom stereocenters. The molecule has 1 aliphatic heterocycles. The number of likely N-dealkylation sites (N-methyl/N-ethyl adjacent to an activating group) is 1. The number of benzene rings is 2. The molecule has 4 rings (SSSR count).